The van der Waals surface area contributed by atoms with E-state index in [1.54, 1.807) is 14.0 Å². The summed E-state index contributed by atoms with van der Waals surface area (Å²) < 4.78 is 26.8. The molecule has 0 saturated carbocycles. The molecule has 0 spiro atoms. The molecule has 0 aliphatic heterocycles. The Balaban J connectivity index is 3.25. The highest BCUT2D eigenvalue weighted by molar-refractivity contribution is 9.10. The fraction of sp³-hybridized carbons (Fsp3) is 0.333. The number of rotatable bonds is 2. The molecule has 1 unspecified atom stereocenters. The quantitative estimate of drug-likeness (QED) is 0.795. The summed E-state index contributed by atoms with van der Waals surface area (Å²) in [4.78, 5) is 0. The van der Waals surface area contributed by atoms with E-state index in [2.05, 4.69) is 21.2 Å². The minimum Gasteiger partial charge on any atom is -0.313 e. The van der Waals surface area contributed by atoms with Gasteiger partial charge in [0.1, 0.15) is 11.6 Å². The Kier molecular flexibility index (Phi) is 3.39. The lowest BCUT2D eigenvalue weighted by Crippen LogP contribution is -2.15. The molecule has 0 amide bonds. The first-order valence-corrected chi connectivity index (χ1v) is 4.68. The second kappa shape index (κ2) is 4.15. The minimum absolute atomic E-state index is 0.0666. The second-order valence-corrected chi connectivity index (χ2v) is 3.62. The van der Waals surface area contributed by atoms with E-state index in [1.807, 2.05) is 0 Å². The molecule has 0 fully saturated rings. The molecular weight excluding hydrogens is 240 g/mol. The average molecular weight is 250 g/mol. The number of hydrogen-bond acceptors (Lipinski definition) is 1. The van der Waals surface area contributed by atoms with Crippen LogP contribution in [0.3, 0.4) is 0 Å². The SMILES string of the molecule is CNC(C)c1c(F)ccc(Br)c1F. The van der Waals surface area contributed by atoms with Gasteiger partial charge in [-0.1, -0.05) is 0 Å². The molecule has 0 bridgehead atoms. The summed E-state index contributed by atoms with van der Waals surface area (Å²) >= 11 is 3.01. The average Bonchev–Trinajstić information content (AvgIpc) is 2.12. The molecule has 0 aromatic heterocycles. The van der Waals surface area contributed by atoms with Crippen LogP contribution >= 0.6 is 15.9 Å². The van der Waals surface area contributed by atoms with Crippen molar-refractivity contribution in [3.8, 4) is 0 Å². The highest BCUT2D eigenvalue weighted by Gasteiger charge is 2.16. The highest BCUT2D eigenvalue weighted by atomic mass is 79.9. The maximum absolute atomic E-state index is 13.4. The van der Waals surface area contributed by atoms with Gasteiger partial charge in [-0.05, 0) is 42.0 Å². The van der Waals surface area contributed by atoms with Gasteiger partial charge >= 0.3 is 0 Å². The lowest BCUT2D eigenvalue weighted by molar-refractivity contribution is 0.507. The lowest BCUT2D eigenvalue weighted by Gasteiger charge is -2.13. The van der Waals surface area contributed by atoms with Gasteiger partial charge in [-0.2, -0.15) is 0 Å². The lowest BCUT2D eigenvalue weighted by atomic mass is 10.1. The van der Waals surface area contributed by atoms with Crippen LogP contribution in [0.4, 0.5) is 8.78 Å². The van der Waals surface area contributed by atoms with Crippen LogP contribution in [0.5, 0.6) is 0 Å². The molecule has 1 nitrogen and oxygen atoms in total. The van der Waals surface area contributed by atoms with E-state index in [0.29, 0.717) is 0 Å². The zero-order valence-electron chi connectivity index (χ0n) is 7.37. The van der Waals surface area contributed by atoms with Crippen molar-refractivity contribution < 1.29 is 8.78 Å². The van der Waals surface area contributed by atoms with Gasteiger partial charge in [-0.3, -0.25) is 0 Å². The van der Waals surface area contributed by atoms with E-state index in [9.17, 15) is 8.78 Å². The Bertz CT molecular complexity index is 315. The summed E-state index contributed by atoms with van der Waals surface area (Å²) in [6.45, 7) is 1.70. The molecule has 0 saturated heterocycles. The molecule has 1 aromatic rings. The second-order valence-electron chi connectivity index (χ2n) is 2.77. The van der Waals surface area contributed by atoms with Gasteiger partial charge in [0.05, 0.1) is 4.47 Å². The normalized spacial score (nSPS) is 13.0. The predicted molar refractivity (Wildman–Crippen MR) is 51.5 cm³/mol. The molecular formula is C9H10BrF2N. The third-order valence-corrected chi connectivity index (χ3v) is 2.56. The van der Waals surface area contributed by atoms with Gasteiger partial charge in [0.25, 0.3) is 0 Å². The van der Waals surface area contributed by atoms with E-state index in [1.165, 1.54) is 12.1 Å². The molecule has 13 heavy (non-hydrogen) atoms. The molecule has 4 heteroatoms. The van der Waals surface area contributed by atoms with Crippen LogP contribution in [0.2, 0.25) is 0 Å². The molecule has 1 aromatic carbocycles. The van der Waals surface area contributed by atoms with Crippen LogP contribution in [0.25, 0.3) is 0 Å². The number of nitrogens with one attached hydrogen (secondary N) is 1. The molecule has 0 aliphatic rings. The van der Waals surface area contributed by atoms with Gasteiger partial charge in [-0.25, -0.2) is 8.78 Å². The Labute approximate surface area is 84.3 Å². The van der Waals surface area contributed by atoms with Crippen molar-refractivity contribution in [2.24, 2.45) is 0 Å². The molecule has 0 radical (unpaired) electrons. The van der Waals surface area contributed by atoms with E-state index in [-0.39, 0.29) is 16.1 Å². The summed E-state index contributed by atoms with van der Waals surface area (Å²) in [7, 11) is 1.66. The zero-order valence-corrected chi connectivity index (χ0v) is 8.95. The van der Waals surface area contributed by atoms with Gasteiger partial charge in [0.15, 0.2) is 0 Å². The summed E-state index contributed by atoms with van der Waals surface area (Å²) in [6.07, 6.45) is 0. The van der Waals surface area contributed by atoms with Crippen molar-refractivity contribution in [2.75, 3.05) is 7.05 Å². The summed E-state index contributed by atoms with van der Waals surface area (Å²) in [5.41, 5.74) is 0.0666. The van der Waals surface area contributed by atoms with Crippen LogP contribution in [0, 0.1) is 11.6 Å². The van der Waals surface area contributed by atoms with Crippen LogP contribution < -0.4 is 5.32 Å². The number of benzene rings is 1. The maximum atomic E-state index is 13.4. The molecule has 1 atom stereocenters. The first-order chi connectivity index (χ1) is 6.07. The largest absolute Gasteiger partial charge is 0.313 e. The van der Waals surface area contributed by atoms with Crippen LogP contribution in [0.1, 0.15) is 18.5 Å². The van der Waals surface area contributed by atoms with E-state index in [0.717, 1.165) is 0 Å². The predicted octanol–water partition coefficient (Wildman–Crippen LogP) is 3.01. The Hall–Kier alpha value is -0.480. The van der Waals surface area contributed by atoms with Crippen molar-refractivity contribution in [1.82, 2.24) is 5.32 Å². The standard InChI is InChI=1S/C9H10BrF2N/c1-5(13-2)8-7(11)4-3-6(10)9(8)12/h3-5,13H,1-2H3. The summed E-state index contributed by atoms with van der Waals surface area (Å²) in [6, 6.07) is 2.27. The van der Waals surface area contributed by atoms with Gasteiger partial charge < -0.3 is 5.32 Å². The van der Waals surface area contributed by atoms with Gasteiger partial charge in [-0.15, -0.1) is 0 Å². The Morgan fingerprint density at radius 2 is 2.00 bits per heavy atom. The van der Waals surface area contributed by atoms with Crippen LogP contribution in [-0.4, -0.2) is 7.05 Å². The third-order valence-electron chi connectivity index (χ3n) is 1.95. The molecule has 72 valence electrons. The summed E-state index contributed by atoms with van der Waals surface area (Å²) in [5.74, 6) is -1.07. The third kappa shape index (κ3) is 2.06. The van der Waals surface area contributed by atoms with Crippen molar-refractivity contribution in [1.29, 1.82) is 0 Å². The fourth-order valence-corrected chi connectivity index (χ4v) is 1.43. The molecule has 0 aliphatic carbocycles. The van der Waals surface area contributed by atoms with E-state index >= 15 is 0 Å². The van der Waals surface area contributed by atoms with Crippen molar-refractivity contribution in [3.63, 3.8) is 0 Å². The Morgan fingerprint density at radius 1 is 1.38 bits per heavy atom. The minimum atomic E-state index is -0.540. The Morgan fingerprint density at radius 3 is 2.54 bits per heavy atom. The molecule has 1 N–H and O–H groups in total. The van der Waals surface area contributed by atoms with Crippen molar-refractivity contribution >= 4 is 15.9 Å². The van der Waals surface area contributed by atoms with E-state index < -0.39 is 11.6 Å². The molecule has 1 rings (SSSR count). The van der Waals surface area contributed by atoms with Crippen LogP contribution in [0.15, 0.2) is 16.6 Å². The first-order valence-electron chi connectivity index (χ1n) is 3.88. The summed E-state index contributed by atoms with van der Waals surface area (Å²) in [5, 5.41) is 2.79. The van der Waals surface area contributed by atoms with Crippen molar-refractivity contribution in [2.45, 2.75) is 13.0 Å². The molecule has 0 heterocycles. The van der Waals surface area contributed by atoms with Crippen LogP contribution in [-0.2, 0) is 0 Å². The zero-order chi connectivity index (χ0) is 10.0. The smallest absolute Gasteiger partial charge is 0.145 e. The maximum Gasteiger partial charge on any atom is 0.145 e. The van der Waals surface area contributed by atoms with E-state index in [4.69, 9.17) is 0 Å². The number of halogens is 3. The highest BCUT2D eigenvalue weighted by Crippen LogP contribution is 2.26. The fourth-order valence-electron chi connectivity index (χ4n) is 1.08. The van der Waals surface area contributed by atoms with Gasteiger partial charge in [0.2, 0.25) is 0 Å². The number of hydrogen-bond donors (Lipinski definition) is 1. The first kappa shape index (κ1) is 10.6. The van der Waals surface area contributed by atoms with Crippen molar-refractivity contribution in [3.05, 3.63) is 33.8 Å². The monoisotopic (exact) mass is 249 g/mol. The topological polar surface area (TPSA) is 12.0 Å². The van der Waals surface area contributed by atoms with Gasteiger partial charge in [0, 0.05) is 11.6 Å².